The Hall–Kier alpha value is -2.91. The summed E-state index contributed by atoms with van der Waals surface area (Å²) in [5.41, 5.74) is 5.90. The first-order valence-corrected chi connectivity index (χ1v) is 11.0. The molecule has 9 heteroatoms. The molecule has 0 aromatic heterocycles. The Morgan fingerprint density at radius 1 is 1.00 bits per heavy atom. The van der Waals surface area contributed by atoms with Crippen molar-refractivity contribution in [2.45, 2.75) is 49.6 Å². The molecule has 8 nitrogen and oxygen atoms in total. The van der Waals surface area contributed by atoms with E-state index in [4.69, 9.17) is 19.4 Å². The molecule has 168 valence electrons. The molecule has 2 N–H and O–H groups in total. The zero-order valence-corrected chi connectivity index (χ0v) is 18.7. The predicted molar refractivity (Wildman–Crippen MR) is 114 cm³/mol. The van der Waals surface area contributed by atoms with E-state index in [1.807, 2.05) is 0 Å². The highest BCUT2D eigenvalue weighted by molar-refractivity contribution is 7.87. The Morgan fingerprint density at radius 3 is 2.10 bits per heavy atom. The minimum Gasteiger partial charge on any atom is -0.469 e. The quantitative estimate of drug-likeness (QED) is 0.482. The number of rotatable bonds is 8. The molecule has 0 bridgehead atoms. The van der Waals surface area contributed by atoms with Crippen LogP contribution in [-0.4, -0.2) is 39.1 Å². The molecule has 0 amide bonds. The van der Waals surface area contributed by atoms with E-state index in [0.29, 0.717) is 5.56 Å². The molecule has 2 atom stereocenters. The summed E-state index contributed by atoms with van der Waals surface area (Å²) in [4.78, 5) is 24.4. The highest BCUT2D eigenvalue weighted by atomic mass is 32.2. The molecular weight excluding hydrogens is 422 g/mol. The van der Waals surface area contributed by atoms with Crippen LogP contribution in [0.1, 0.15) is 38.7 Å². The van der Waals surface area contributed by atoms with Crippen LogP contribution in [0.4, 0.5) is 0 Å². The van der Waals surface area contributed by atoms with Crippen molar-refractivity contribution in [1.29, 1.82) is 0 Å². The van der Waals surface area contributed by atoms with Crippen molar-refractivity contribution in [3.63, 3.8) is 0 Å². The van der Waals surface area contributed by atoms with Crippen molar-refractivity contribution in [2.75, 3.05) is 7.11 Å². The monoisotopic (exact) mass is 449 g/mol. The topological polar surface area (TPSA) is 122 Å². The van der Waals surface area contributed by atoms with Gasteiger partial charge in [-0.1, -0.05) is 30.3 Å². The van der Waals surface area contributed by atoms with E-state index in [1.54, 1.807) is 51.1 Å². The van der Waals surface area contributed by atoms with E-state index < -0.39 is 39.6 Å². The number of nitrogens with two attached hydrogens (primary N) is 1. The Balaban J connectivity index is 2.25. The zero-order valence-electron chi connectivity index (χ0n) is 17.9. The van der Waals surface area contributed by atoms with Gasteiger partial charge in [0.25, 0.3) is 0 Å². The highest BCUT2D eigenvalue weighted by Crippen LogP contribution is 2.28. The standard InChI is InChI=1S/C22H27NO7S/c1-22(2,3)29-21(25)20(23)18(14-19(24)28-4)15-10-12-16(13-11-15)30-31(26,27)17-8-6-5-7-9-17/h5-13,18,20H,14,23H2,1-4H3. The molecule has 2 rings (SSSR count). The molecule has 2 aromatic rings. The number of esters is 2. The minimum atomic E-state index is -3.99. The summed E-state index contributed by atoms with van der Waals surface area (Å²) >= 11 is 0. The van der Waals surface area contributed by atoms with Crippen LogP contribution in [-0.2, 0) is 29.2 Å². The third-order valence-electron chi connectivity index (χ3n) is 4.27. The third-order valence-corrected chi connectivity index (χ3v) is 5.53. The van der Waals surface area contributed by atoms with Gasteiger partial charge < -0.3 is 19.4 Å². The molecule has 0 radical (unpaired) electrons. The molecule has 0 spiro atoms. The first-order chi connectivity index (χ1) is 14.4. The largest absolute Gasteiger partial charge is 0.469 e. The molecule has 2 unspecified atom stereocenters. The van der Waals surface area contributed by atoms with Gasteiger partial charge in [0, 0.05) is 5.92 Å². The van der Waals surface area contributed by atoms with Crippen LogP contribution in [0.25, 0.3) is 0 Å². The molecular formula is C22H27NO7S. The summed E-state index contributed by atoms with van der Waals surface area (Å²) < 4.78 is 40.0. The first-order valence-electron chi connectivity index (χ1n) is 9.57. The van der Waals surface area contributed by atoms with Gasteiger partial charge in [-0.05, 0) is 50.6 Å². The van der Waals surface area contributed by atoms with Crippen LogP contribution in [0.5, 0.6) is 5.75 Å². The van der Waals surface area contributed by atoms with Crippen LogP contribution >= 0.6 is 0 Å². The van der Waals surface area contributed by atoms with Gasteiger partial charge >= 0.3 is 22.1 Å². The van der Waals surface area contributed by atoms with E-state index >= 15 is 0 Å². The number of hydrogen-bond donors (Lipinski definition) is 1. The van der Waals surface area contributed by atoms with Gasteiger partial charge in [-0.3, -0.25) is 9.59 Å². The van der Waals surface area contributed by atoms with E-state index in [1.165, 1.54) is 31.4 Å². The number of methoxy groups -OCH3 is 1. The van der Waals surface area contributed by atoms with E-state index in [9.17, 15) is 18.0 Å². The fourth-order valence-corrected chi connectivity index (χ4v) is 3.73. The second-order valence-electron chi connectivity index (χ2n) is 7.87. The van der Waals surface area contributed by atoms with Crippen molar-refractivity contribution < 1.29 is 31.7 Å². The molecule has 31 heavy (non-hydrogen) atoms. The number of ether oxygens (including phenoxy) is 2. The van der Waals surface area contributed by atoms with E-state index in [0.717, 1.165) is 0 Å². The lowest BCUT2D eigenvalue weighted by molar-refractivity contribution is -0.157. The van der Waals surface area contributed by atoms with Gasteiger partial charge in [0.1, 0.15) is 22.3 Å². The average Bonchev–Trinajstić information content (AvgIpc) is 2.71. The maximum Gasteiger partial charge on any atom is 0.339 e. The fraction of sp³-hybridized carbons (Fsp3) is 0.364. The molecule has 2 aromatic carbocycles. The van der Waals surface area contributed by atoms with Crippen LogP contribution in [0.15, 0.2) is 59.5 Å². The summed E-state index contributed by atoms with van der Waals surface area (Å²) in [5.74, 6) is -1.86. The second-order valence-corrected chi connectivity index (χ2v) is 9.41. The zero-order chi connectivity index (χ0) is 23.2. The lowest BCUT2D eigenvalue weighted by atomic mass is 9.88. The maximum absolute atomic E-state index is 12.5. The Morgan fingerprint density at radius 2 is 1.58 bits per heavy atom. The van der Waals surface area contributed by atoms with Crippen molar-refractivity contribution in [1.82, 2.24) is 0 Å². The van der Waals surface area contributed by atoms with Crippen molar-refractivity contribution in [2.24, 2.45) is 5.73 Å². The Labute approximate surface area is 182 Å². The second kappa shape index (κ2) is 9.93. The number of carbonyl (C=O) groups excluding carboxylic acids is 2. The van der Waals surface area contributed by atoms with Crippen molar-refractivity contribution in [3.8, 4) is 5.75 Å². The third kappa shape index (κ3) is 7.08. The molecule has 0 saturated carbocycles. The summed E-state index contributed by atoms with van der Waals surface area (Å²) in [5, 5.41) is 0. The van der Waals surface area contributed by atoms with Crippen LogP contribution in [0, 0.1) is 0 Å². The molecule has 0 heterocycles. The summed E-state index contributed by atoms with van der Waals surface area (Å²) in [6.07, 6.45) is -0.153. The van der Waals surface area contributed by atoms with E-state index in [-0.39, 0.29) is 17.1 Å². The Kier molecular flexibility index (Phi) is 7.80. The van der Waals surface area contributed by atoms with Gasteiger partial charge in [0.15, 0.2) is 0 Å². The van der Waals surface area contributed by atoms with Gasteiger partial charge in [-0.25, -0.2) is 0 Å². The van der Waals surface area contributed by atoms with Crippen LogP contribution < -0.4 is 9.92 Å². The number of carbonyl (C=O) groups is 2. The lowest BCUT2D eigenvalue weighted by Crippen LogP contribution is -2.42. The van der Waals surface area contributed by atoms with E-state index in [2.05, 4.69) is 0 Å². The maximum atomic E-state index is 12.5. The van der Waals surface area contributed by atoms with Gasteiger partial charge in [-0.2, -0.15) is 8.42 Å². The number of benzene rings is 2. The molecule has 0 fully saturated rings. The summed E-state index contributed by atoms with van der Waals surface area (Å²) in [6.45, 7) is 5.14. The summed E-state index contributed by atoms with van der Waals surface area (Å²) in [6, 6.07) is 12.6. The van der Waals surface area contributed by atoms with Gasteiger partial charge in [-0.15, -0.1) is 0 Å². The SMILES string of the molecule is COC(=O)CC(c1ccc(OS(=O)(=O)c2ccccc2)cc1)C(N)C(=O)OC(C)(C)C. The lowest BCUT2D eigenvalue weighted by Gasteiger charge is -2.26. The van der Waals surface area contributed by atoms with Gasteiger partial charge in [0.05, 0.1) is 13.5 Å². The Bertz CT molecular complexity index is 996. The summed E-state index contributed by atoms with van der Waals surface area (Å²) in [7, 11) is -2.75. The molecule has 0 aliphatic rings. The predicted octanol–water partition coefficient (Wildman–Crippen LogP) is 2.77. The van der Waals surface area contributed by atoms with Gasteiger partial charge in [0.2, 0.25) is 0 Å². The first kappa shape index (κ1) is 24.4. The van der Waals surface area contributed by atoms with Crippen LogP contribution in [0.2, 0.25) is 0 Å². The van der Waals surface area contributed by atoms with Crippen molar-refractivity contribution in [3.05, 3.63) is 60.2 Å². The molecule has 0 aliphatic heterocycles. The molecule has 0 saturated heterocycles. The van der Waals surface area contributed by atoms with Crippen LogP contribution in [0.3, 0.4) is 0 Å². The highest BCUT2D eigenvalue weighted by Gasteiger charge is 2.32. The molecule has 0 aliphatic carbocycles. The average molecular weight is 450 g/mol. The number of hydrogen-bond acceptors (Lipinski definition) is 8. The van der Waals surface area contributed by atoms with Crippen molar-refractivity contribution >= 4 is 22.1 Å². The minimum absolute atomic E-state index is 0.0228. The smallest absolute Gasteiger partial charge is 0.339 e. The normalized spacial score (nSPS) is 13.7. The fourth-order valence-electron chi connectivity index (χ4n) is 2.78.